The Morgan fingerprint density at radius 3 is 2.60 bits per heavy atom. The summed E-state index contributed by atoms with van der Waals surface area (Å²) < 4.78 is 14.3. The Morgan fingerprint density at radius 1 is 1.20 bits per heavy atom. The van der Waals surface area contributed by atoms with Gasteiger partial charge in [-0.1, -0.05) is 13.8 Å². The number of hydrogen-bond donors (Lipinski definition) is 1. The molecule has 25 heavy (non-hydrogen) atoms. The van der Waals surface area contributed by atoms with Gasteiger partial charge >= 0.3 is 5.97 Å². The van der Waals surface area contributed by atoms with E-state index in [0.29, 0.717) is 17.8 Å². The predicted octanol–water partition coefficient (Wildman–Crippen LogP) is 3.62. The van der Waals surface area contributed by atoms with E-state index >= 15 is 0 Å². The third-order valence-corrected chi connectivity index (χ3v) is 8.46. The monoisotopic (exact) mass is 349 g/mol. The van der Waals surface area contributed by atoms with Gasteiger partial charge in [0, 0.05) is 18.5 Å². The molecule has 0 bridgehead atoms. The van der Waals surface area contributed by atoms with E-state index in [9.17, 15) is 19.1 Å². The van der Waals surface area contributed by atoms with Crippen molar-refractivity contribution in [2.24, 2.45) is 34.5 Å². The normalized spacial score (nSPS) is 49.1. The first-order valence-corrected chi connectivity index (χ1v) is 9.58. The molecule has 5 heteroatoms. The zero-order valence-electron chi connectivity index (χ0n) is 15.3. The first kappa shape index (κ1) is 17.0. The fourth-order valence-electron chi connectivity index (χ4n) is 7.24. The number of hydrogen-bond acceptors (Lipinski definition) is 2. The Labute approximate surface area is 148 Å². The van der Waals surface area contributed by atoms with Crippen LogP contribution >= 0.6 is 0 Å². The van der Waals surface area contributed by atoms with E-state index in [1.165, 1.54) is 0 Å². The standard InChI is InChI=1S/C20H28FNO3/c1-19-9-8-13-11(12(19)5-6-14(19)18(24)25)4-7-16-20(13,2)10-15(21)17(23)22(16)3/h10-14,16H,4-9H2,1-3H3,(H,24,25)/t11-,12-,13-,14?,16-,19-,20+/m0/s1. The number of rotatable bonds is 1. The minimum absolute atomic E-state index is 0.0572. The van der Waals surface area contributed by atoms with Crippen molar-refractivity contribution < 1.29 is 19.1 Å². The van der Waals surface area contributed by atoms with E-state index in [1.54, 1.807) is 18.0 Å². The first-order chi connectivity index (χ1) is 11.7. The molecule has 4 rings (SSSR count). The van der Waals surface area contributed by atoms with Crippen molar-refractivity contribution >= 4 is 11.9 Å². The molecule has 1 amide bonds. The van der Waals surface area contributed by atoms with Crippen LogP contribution in [-0.4, -0.2) is 35.0 Å². The maximum atomic E-state index is 14.3. The summed E-state index contributed by atoms with van der Waals surface area (Å²) in [5.41, 5.74) is -0.465. The second kappa shape index (κ2) is 5.31. The predicted molar refractivity (Wildman–Crippen MR) is 91.3 cm³/mol. The summed E-state index contributed by atoms with van der Waals surface area (Å²) in [5, 5.41) is 9.65. The van der Waals surface area contributed by atoms with Crippen LogP contribution in [0.2, 0.25) is 0 Å². The molecule has 4 nitrogen and oxygen atoms in total. The lowest BCUT2D eigenvalue weighted by Crippen LogP contribution is -2.60. The number of nitrogens with zero attached hydrogens (tertiary/aromatic N) is 1. The summed E-state index contributed by atoms with van der Waals surface area (Å²) in [7, 11) is 1.72. The molecule has 0 radical (unpaired) electrons. The first-order valence-electron chi connectivity index (χ1n) is 9.58. The molecule has 0 aromatic rings. The van der Waals surface area contributed by atoms with Gasteiger partial charge in [0.2, 0.25) is 0 Å². The SMILES string of the molecule is CN1C(=O)C(F)=C[C@@]2(C)[C@@H]1CC[C@@H]1[C@@H]2CC[C@]2(C)C(C(=O)O)CC[C@@H]12. The lowest BCUT2D eigenvalue weighted by Gasteiger charge is -2.60. The summed E-state index contributed by atoms with van der Waals surface area (Å²) in [6, 6.07) is 0.0572. The highest BCUT2D eigenvalue weighted by molar-refractivity contribution is 5.92. The van der Waals surface area contributed by atoms with E-state index < -0.39 is 17.7 Å². The Balaban J connectivity index is 1.70. The third kappa shape index (κ3) is 2.10. The topological polar surface area (TPSA) is 57.6 Å². The summed E-state index contributed by atoms with van der Waals surface area (Å²) in [6.45, 7) is 4.28. The Bertz CT molecular complexity index is 661. The van der Waals surface area contributed by atoms with Crippen molar-refractivity contribution in [2.75, 3.05) is 7.05 Å². The molecule has 3 aliphatic carbocycles. The van der Waals surface area contributed by atoms with Gasteiger partial charge in [-0.3, -0.25) is 9.59 Å². The van der Waals surface area contributed by atoms with Crippen molar-refractivity contribution in [1.82, 2.24) is 4.90 Å². The fraction of sp³-hybridized carbons (Fsp3) is 0.800. The molecule has 1 heterocycles. The van der Waals surface area contributed by atoms with Crippen LogP contribution in [0.3, 0.4) is 0 Å². The Morgan fingerprint density at radius 2 is 1.92 bits per heavy atom. The van der Waals surface area contributed by atoms with E-state index in [2.05, 4.69) is 13.8 Å². The maximum absolute atomic E-state index is 14.3. The molecule has 0 aromatic carbocycles. The van der Waals surface area contributed by atoms with E-state index in [-0.39, 0.29) is 22.8 Å². The van der Waals surface area contributed by atoms with Crippen molar-refractivity contribution in [1.29, 1.82) is 0 Å². The lowest BCUT2D eigenvalue weighted by atomic mass is 9.47. The van der Waals surface area contributed by atoms with Crippen LogP contribution in [0.1, 0.15) is 52.4 Å². The molecule has 0 spiro atoms. The molecular weight excluding hydrogens is 321 g/mol. The zero-order valence-corrected chi connectivity index (χ0v) is 15.3. The molecule has 1 unspecified atom stereocenters. The summed E-state index contributed by atoms with van der Waals surface area (Å²) in [4.78, 5) is 25.4. The smallest absolute Gasteiger partial charge is 0.307 e. The van der Waals surface area contributed by atoms with Crippen LogP contribution < -0.4 is 0 Å². The highest BCUT2D eigenvalue weighted by Gasteiger charge is 2.62. The van der Waals surface area contributed by atoms with Crippen LogP contribution in [0.25, 0.3) is 0 Å². The maximum Gasteiger partial charge on any atom is 0.307 e. The number of carboxylic acids is 1. The van der Waals surface area contributed by atoms with Gasteiger partial charge in [-0.05, 0) is 67.8 Å². The molecule has 0 saturated heterocycles. The second-order valence-electron chi connectivity index (χ2n) is 9.26. The van der Waals surface area contributed by atoms with Crippen molar-refractivity contribution in [2.45, 2.75) is 58.4 Å². The van der Waals surface area contributed by atoms with E-state index in [1.807, 2.05) is 0 Å². The van der Waals surface area contributed by atoms with Gasteiger partial charge in [0.15, 0.2) is 5.83 Å². The van der Waals surface area contributed by atoms with Gasteiger partial charge in [-0.15, -0.1) is 0 Å². The molecule has 0 aromatic heterocycles. The molecule has 138 valence electrons. The third-order valence-electron chi connectivity index (χ3n) is 8.46. The van der Waals surface area contributed by atoms with Crippen LogP contribution in [0.5, 0.6) is 0 Å². The number of carbonyl (C=O) groups is 2. The fourth-order valence-corrected chi connectivity index (χ4v) is 7.24. The average molecular weight is 349 g/mol. The number of fused-ring (bicyclic) bond motifs is 5. The number of carbonyl (C=O) groups excluding carboxylic acids is 1. The molecule has 3 saturated carbocycles. The summed E-state index contributed by atoms with van der Waals surface area (Å²) >= 11 is 0. The molecule has 3 fully saturated rings. The van der Waals surface area contributed by atoms with Crippen molar-refractivity contribution in [3.63, 3.8) is 0 Å². The van der Waals surface area contributed by atoms with E-state index in [0.717, 1.165) is 38.5 Å². The van der Waals surface area contributed by atoms with Crippen LogP contribution in [-0.2, 0) is 9.59 Å². The Hall–Kier alpha value is -1.39. The number of carboxylic acid groups (broad SMARTS) is 1. The molecule has 1 aliphatic heterocycles. The zero-order chi connectivity index (χ0) is 18.1. The summed E-state index contributed by atoms with van der Waals surface area (Å²) in [6.07, 6.45) is 7.06. The minimum Gasteiger partial charge on any atom is -0.481 e. The van der Waals surface area contributed by atoms with Gasteiger partial charge in [-0.25, -0.2) is 4.39 Å². The number of halogens is 1. The highest BCUT2D eigenvalue weighted by Crippen LogP contribution is 2.65. The van der Waals surface area contributed by atoms with Crippen LogP contribution in [0, 0.1) is 34.5 Å². The van der Waals surface area contributed by atoms with Crippen molar-refractivity contribution in [3.05, 3.63) is 11.9 Å². The Kier molecular flexibility index (Phi) is 3.62. The molecule has 7 atom stereocenters. The van der Waals surface area contributed by atoms with Crippen LogP contribution in [0.15, 0.2) is 11.9 Å². The van der Waals surface area contributed by atoms with Gasteiger partial charge in [-0.2, -0.15) is 0 Å². The van der Waals surface area contributed by atoms with Gasteiger partial charge < -0.3 is 10.0 Å². The summed E-state index contributed by atoms with van der Waals surface area (Å²) in [5.74, 6) is -0.833. The largest absolute Gasteiger partial charge is 0.481 e. The van der Waals surface area contributed by atoms with Gasteiger partial charge in [0.25, 0.3) is 5.91 Å². The van der Waals surface area contributed by atoms with Gasteiger partial charge in [0.1, 0.15) is 0 Å². The van der Waals surface area contributed by atoms with Gasteiger partial charge in [0.05, 0.1) is 5.92 Å². The average Bonchev–Trinajstić information content (AvgIpc) is 2.90. The highest BCUT2D eigenvalue weighted by atomic mass is 19.1. The number of likely N-dealkylation sites (N-methyl/N-ethyl adjacent to an activating group) is 1. The lowest BCUT2D eigenvalue weighted by molar-refractivity contribution is -0.153. The quantitative estimate of drug-likeness (QED) is 0.786. The second-order valence-corrected chi connectivity index (χ2v) is 9.26. The van der Waals surface area contributed by atoms with E-state index in [4.69, 9.17) is 0 Å². The molecule has 1 N–H and O–H groups in total. The van der Waals surface area contributed by atoms with Crippen LogP contribution in [0.4, 0.5) is 4.39 Å². The van der Waals surface area contributed by atoms with Crippen molar-refractivity contribution in [3.8, 4) is 0 Å². The number of amides is 1. The number of aliphatic carboxylic acids is 1. The minimum atomic E-state index is -0.655. The molecule has 4 aliphatic rings. The molecular formula is C20H28FNO3.